The van der Waals surface area contributed by atoms with Crippen LogP contribution in [-0.2, 0) is 20.5 Å². The summed E-state index contributed by atoms with van der Waals surface area (Å²) in [7, 11) is -0.965. The van der Waals surface area contributed by atoms with Gasteiger partial charge in [0.25, 0.3) is 0 Å². The summed E-state index contributed by atoms with van der Waals surface area (Å²) in [6.07, 6.45) is -0.870. The van der Waals surface area contributed by atoms with E-state index in [9.17, 15) is 9.59 Å². The van der Waals surface area contributed by atoms with E-state index in [0.29, 0.717) is 35.7 Å². The average molecular weight is 581 g/mol. The molecule has 0 aromatic heterocycles. The maximum absolute atomic E-state index is 13.3. The van der Waals surface area contributed by atoms with Gasteiger partial charge in [-0.2, -0.15) is 0 Å². The minimum absolute atomic E-state index is 0.0702. The molecule has 2 aromatic carbocycles. The largest absolute Gasteiger partial charge is 0.488 e. The normalized spacial score (nSPS) is 20.6. The number of benzene rings is 2. The lowest BCUT2D eigenvalue weighted by Gasteiger charge is -2.40. The third kappa shape index (κ3) is 6.62. The second-order valence-corrected chi connectivity index (χ2v) is 18.1. The van der Waals surface area contributed by atoms with Gasteiger partial charge in [-0.1, -0.05) is 57.7 Å². The maximum atomic E-state index is 13.3. The monoisotopic (exact) mass is 580 g/mol. The van der Waals surface area contributed by atoms with Crippen LogP contribution in [0.4, 0.5) is 10.5 Å². The summed E-state index contributed by atoms with van der Waals surface area (Å²) < 4.78 is 24.2. The van der Waals surface area contributed by atoms with Crippen molar-refractivity contribution in [3.05, 3.63) is 65.7 Å². The fourth-order valence-corrected chi connectivity index (χ4v) is 6.08. The highest BCUT2D eigenvalue weighted by Gasteiger charge is 2.60. The molecule has 222 valence electrons. The molecule has 0 bridgehead atoms. The number of hydrogen-bond donors (Lipinski definition) is 1. The number of rotatable bonds is 6. The molecule has 8 nitrogen and oxygen atoms in total. The van der Waals surface area contributed by atoms with Gasteiger partial charge < -0.3 is 24.0 Å². The molecule has 2 aliphatic heterocycles. The van der Waals surface area contributed by atoms with Crippen LogP contribution >= 0.6 is 0 Å². The Labute approximate surface area is 245 Å². The van der Waals surface area contributed by atoms with Gasteiger partial charge in [0.2, 0.25) is 0 Å². The van der Waals surface area contributed by atoms with E-state index in [0.717, 1.165) is 11.1 Å². The minimum Gasteiger partial charge on any atom is -0.488 e. The summed E-state index contributed by atoms with van der Waals surface area (Å²) in [5, 5.41) is 3.39. The number of anilines is 1. The van der Waals surface area contributed by atoms with Crippen molar-refractivity contribution in [1.29, 1.82) is 0 Å². The van der Waals surface area contributed by atoms with Crippen LogP contribution in [0, 0.1) is 0 Å². The Bertz CT molecular complexity index is 1310. The summed E-state index contributed by atoms with van der Waals surface area (Å²) in [4.78, 5) is 27.7. The van der Waals surface area contributed by atoms with Crippen molar-refractivity contribution >= 4 is 31.6 Å². The van der Waals surface area contributed by atoms with E-state index in [4.69, 9.17) is 18.6 Å². The molecular weight excluding hydrogens is 536 g/mol. The van der Waals surface area contributed by atoms with Crippen molar-refractivity contribution < 1.29 is 28.2 Å². The van der Waals surface area contributed by atoms with E-state index in [1.165, 1.54) is 7.11 Å². The second kappa shape index (κ2) is 11.2. The van der Waals surface area contributed by atoms with Gasteiger partial charge >= 0.3 is 12.1 Å². The van der Waals surface area contributed by atoms with E-state index in [1.54, 1.807) is 17.0 Å². The van der Waals surface area contributed by atoms with E-state index < -0.39 is 26.0 Å². The molecule has 1 N–H and O–H groups in total. The van der Waals surface area contributed by atoms with E-state index in [2.05, 4.69) is 45.8 Å². The first-order valence-electron chi connectivity index (χ1n) is 14.1. The molecular formula is C32H44N2O6Si. The molecule has 1 fully saturated rings. The second-order valence-electron chi connectivity index (χ2n) is 13.3. The first kappa shape index (κ1) is 30.7. The van der Waals surface area contributed by atoms with Crippen molar-refractivity contribution in [2.45, 2.75) is 90.1 Å². The predicted octanol–water partition coefficient (Wildman–Crippen LogP) is 6.87. The number of carbonyl (C=O) groups is 2. The number of nitrogens with zero attached hydrogens (tertiary/aromatic N) is 1. The maximum Gasteiger partial charge on any atom is 0.411 e. The molecule has 2 aliphatic rings. The van der Waals surface area contributed by atoms with Crippen LogP contribution in [0.5, 0.6) is 5.75 Å². The van der Waals surface area contributed by atoms with Gasteiger partial charge in [0.05, 0.1) is 30.9 Å². The molecule has 2 heterocycles. The van der Waals surface area contributed by atoms with Crippen molar-refractivity contribution in [2.24, 2.45) is 0 Å². The summed E-state index contributed by atoms with van der Waals surface area (Å²) in [6.45, 7) is 21.8. The zero-order chi connectivity index (χ0) is 30.3. The molecule has 0 radical (unpaired) electrons. The molecule has 1 amide bonds. The number of hydrogen-bond acceptors (Lipinski definition) is 7. The predicted molar refractivity (Wildman–Crippen MR) is 164 cm³/mol. The molecule has 0 unspecified atom stereocenters. The van der Waals surface area contributed by atoms with Gasteiger partial charge in [0.1, 0.15) is 18.0 Å². The van der Waals surface area contributed by atoms with E-state index in [-0.39, 0.29) is 23.2 Å². The molecule has 9 heteroatoms. The molecule has 0 aliphatic carbocycles. The average Bonchev–Trinajstić information content (AvgIpc) is 3.60. The van der Waals surface area contributed by atoms with Gasteiger partial charge in [-0.25, -0.2) is 9.59 Å². The Hall–Kier alpha value is -3.30. The zero-order valence-corrected chi connectivity index (χ0v) is 26.8. The summed E-state index contributed by atoms with van der Waals surface area (Å²) in [5.74, 6) is 0.0246. The molecule has 3 atom stereocenters. The summed E-state index contributed by atoms with van der Waals surface area (Å²) >= 11 is 0. The van der Waals surface area contributed by atoms with Crippen LogP contribution in [-0.4, -0.2) is 62.7 Å². The Kier molecular flexibility index (Phi) is 8.35. The highest BCUT2D eigenvalue weighted by molar-refractivity contribution is 6.74. The lowest BCUT2D eigenvalue weighted by atomic mass is 9.93. The van der Waals surface area contributed by atoms with Crippen molar-refractivity contribution in [2.75, 3.05) is 19.0 Å². The number of methoxy groups -OCH3 is 1. The molecule has 2 aromatic rings. The Morgan fingerprint density at radius 2 is 1.73 bits per heavy atom. The third-order valence-corrected chi connectivity index (χ3v) is 12.5. The lowest BCUT2D eigenvalue weighted by molar-refractivity contribution is 0.0375. The van der Waals surface area contributed by atoms with Gasteiger partial charge in [-0.15, -0.1) is 0 Å². The Morgan fingerprint density at radius 1 is 1.07 bits per heavy atom. The molecule has 0 saturated carbocycles. The van der Waals surface area contributed by atoms with Crippen molar-refractivity contribution in [3.8, 4) is 5.75 Å². The highest BCUT2D eigenvalue weighted by Crippen LogP contribution is 2.49. The standard InChI is InChI=1S/C32H44N2O6Si/c1-20-26-23(16-22(29(35)37-8)17-25(26)38-19-21-14-12-11-13-15-21)33-18-24-27(34(24)30(36)39-31(2,3)4)28(20)40-41(9,10)32(5,6)7/h11-17,24,27-28,33H,1,18-19H2,2-10H3/t24-,27-,28-,34?/m0/s1. The SMILES string of the molecule is C=C1c2c(cc(C(=O)OC)cc2OCc2ccccc2)NC[C@H]2[C@@H]([C@H]1O[Si](C)(C)C(C)(C)C)N2C(=O)OC(C)(C)C. The Balaban J connectivity index is 1.80. The van der Waals surface area contributed by atoms with Crippen LogP contribution in [0.15, 0.2) is 49.0 Å². The van der Waals surface area contributed by atoms with Crippen LogP contribution in [0.2, 0.25) is 18.1 Å². The van der Waals surface area contributed by atoms with Gasteiger partial charge in [0.15, 0.2) is 8.32 Å². The number of nitrogens with one attached hydrogen (secondary N) is 1. The fraction of sp³-hybridized carbons (Fsp3) is 0.500. The van der Waals surface area contributed by atoms with Crippen LogP contribution in [0.3, 0.4) is 0 Å². The number of carbonyl (C=O) groups excluding carboxylic acids is 2. The first-order chi connectivity index (χ1) is 19.0. The lowest BCUT2D eigenvalue weighted by Crippen LogP contribution is -2.46. The van der Waals surface area contributed by atoms with Crippen LogP contribution in [0.1, 0.15) is 63.0 Å². The first-order valence-corrected chi connectivity index (χ1v) is 17.0. The van der Waals surface area contributed by atoms with Gasteiger partial charge in [-0.05, 0) is 62.2 Å². The number of fused-ring (bicyclic) bond motifs is 2. The smallest absolute Gasteiger partial charge is 0.411 e. The quantitative estimate of drug-likeness (QED) is 0.227. The van der Waals surface area contributed by atoms with E-state index >= 15 is 0 Å². The van der Waals surface area contributed by atoms with Crippen LogP contribution < -0.4 is 10.1 Å². The third-order valence-electron chi connectivity index (χ3n) is 8.05. The molecule has 0 spiro atoms. The topological polar surface area (TPSA) is 86.1 Å². The van der Waals surface area contributed by atoms with Crippen molar-refractivity contribution in [1.82, 2.24) is 4.90 Å². The number of amides is 1. The minimum atomic E-state index is -2.32. The van der Waals surface area contributed by atoms with Crippen molar-refractivity contribution in [3.63, 3.8) is 0 Å². The zero-order valence-electron chi connectivity index (χ0n) is 25.8. The van der Waals surface area contributed by atoms with Crippen LogP contribution in [0.25, 0.3) is 5.57 Å². The number of ether oxygens (including phenoxy) is 3. The van der Waals surface area contributed by atoms with E-state index in [1.807, 2.05) is 51.1 Å². The molecule has 4 rings (SSSR count). The summed E-state index contributed by atoms with van der Waals surface area (Å²) in [5.41, 5.74) is 2.81. The van der Waals surface area contributed by atoms with Gasteiger partial charge in [0, 0.05) is 17.8 Å². The highest BCUT2D eigenvalue weighted by atomic mass is 28.4. The molecule has 41 heavy (non-hydrogen) atoms. The molecule has 1 saturated heterocycles. The van der Waals surface area contributed by atoms with Gasteiger partial charge in [-0.3, -0.25) is 4.90 Å². The fourth-order valence-electron chi connectivity index (χ4n) is 4.81. The Morgan fingerprint density at radius 3 is 2.32 bits per heavy atom. The summed E-state index contributed by atoms with van der Waals surface area (Å²) in [6, 6.07) is 12.9. The number of esters is 1.